The largest absolute Gasteiger partial charge is 0.488 e. The Bertz CT molecular complexity index is 570. The predicted octanol–water partition coefficient (Wildman–Crippen LogP) is 3.23. The molecule has 1 amide bonds. The van der Waals surface area contributed by atoms with Gasteiger partial charge in [-0.15, -0.1) is 0 Å². The van der Waals surface area contributed by atoms with E-state index in [1.807, 2.05) is 42.5 Å². The van der Waals surface area contributed by atoms with E-state index in [0.717, 1.165) is 14.9 Å². The molecule has 0 aromatic heterocycles. The molecule has 1 N–H and O–H groups in total. The van der Waals surface area contributed by atoms with Gasteiger partial charge in [0.05, 0.1) is 3.57 Å². The van der Waals surface area contributed by atoms with Crippen LogP contribution in [-0.2, 0) is 6.61 Å². The van der Waals surface area contributed by atoms with Gasteiger partial charge in [0, 0.05) is 12.6 Å². The predicted molar refractivity (Wildman–Crippen MR) is 83.3 cm³/mol. The minimum absolute atomic E-state index is 0.0903. The van der Waals surface area contributed by atoms with Crippen molar-refractivity contribution in [2.45, 2.75) is 6.61 Å². The Morgan fingerprint density at radius 2 is 1.95 bits per heavy atom. The van der Waals surface area contributed by atoms with Gasteiger partial charge < -0.3 is 10.1 Å². The maximum absolute atomic E-state index is 11.5. The van der Waals surface area contributed by atoms with Gasteiger partial charge in [0.15, 0.2) is 0 Å². The molecule has 0 atom stereocenters. The molecule has 0 aliphatic rings. The highest BCUT2D eigenvalue weighted by atomic mass is 127. The van der Waals surface area contributed by atoms with Crippen LogP contribution in [0.25, 0.3) is 0 Å². The molecule has 0 fully saturated rings. The van der Waals surface area contributed by atoms with Crippen molar-refractivity contribution in [3.8, 4) is 5.75 Å². The minimum atomic E-state index is -0.0903. The van der Waals surface area contributed by atoms with Crippen molar-refractivity contribution in [2.24, 2.45) is 0 Å². The Morgan fingerprint density at radius 1 is 1.21 bits per heavy atom. The van der Waals surface area contributed by atoms with Crippen LogP contribution in [0.15, 0.2) is 48.5 Å². The normalized spacial score (nSPS) is 10.0. The van der Waals surface area contributed by atoms with Crippen LogP contribution in [0, 0.1) is 3.57 Å². The summed E-state index contributed by atoms with van der Waals surface area (Å²) in [5.41, 5.74) is 1.76. The Hall–Kier alpha value is -1.56. The smallest absolute Gasteiger partial charge is 0.251 e. The van der Waals surface area contributed by atoms with Crippen LogP contribution in [0.4, 0.5) is 0 Å². The van der Waals surface area contributed by atoms with Gasteiger partial charge in [0.1, 0.15) is 12.4 Å². The van der Waals surface area contributed by atoms with Crippen molar-refractivity contribution in [1.29, 1.82) is 0 Å². The second-order valence-electron chi connectivity index (χ2n) is 4.00. The van der Waals surface area contributed by atoms with E-state index in [9.17, 15) is 4.79 Å². The summed E-state index contributed by atoms with van der Waals surface area (Å²) in [7, 11) is 1.62. The number of carbonyl (C=O) groups is 1. The zero-order valence-corrected chi connectivity index (χ0v) is 12.7. The van der Waals surface area contributed by atoms with Gasteiger partial charge in [-0.3, -0.25) is 4.79 Å². The molecule has 0 unspecified atom stereocenters. The molecule has 0 aliphatic carbocycles. The molecule has 0 radical (unpaired) electrons. The number of carbonyl (C=O) groups excluding carboxylic acids is 1. The van der Waals surface area contributed by atoms with Gasteiger partial charge in [0.2, 0.25) is 0 Å². The number of hydrogen-bond donors (Lipinski definition) is 1. The molecule has 3 nitrogen and oxygen atoms in total. The van der Waals surface area contributed by atoms with Crippen molar-refractivity contribution >= 4 is 28.5 Å². The van der Waals surface area contributed by atoms with E-state index in [2.05, 4.69) is 27.9 Å². The van der Waals surface area contributed by atoms with Crippen LogP contribution < -0.4 is 10.1 Å². The fraction of sp³-hybridized carbons (Fsp3) is 0.133. The number of halogens is 1. The zero-order chi connectivity index (χ0) is 13.7. The van der Waals surface area contributed by atoms with Crippen LogP contribution >= 0.6 is 22.6 Å². The highest BCUT2D eigenvalue weighted by molar-refractivity contribution is 14.1. The summed E-state index contributed by atoms with van der Waals surface area (Å²) >= 11 is 2.17. The number of ether oxygens (including phenoxy) is 1. The van der Waals surface area contributed by atoms with Gasteiger partial charge in [-0.05, 0) is 46.4 Å². The van der Waals surface area contributed by atoms with Gasteiger partial charge in [-0.1, -0.05) is 30.3 Å². The first-order chi connectivity index (χ1) is 9.20. The van der Waals surface area contributed by atoms with E-state index in [1.165, 1.54) is 0 Å². The molecular formula is C15H14INO2. The molecule has 0 spiro atoms. The van der Waals surface area contributed by atoms with Crippen molar-refractivity contribution < 1.29 is 9.53 Å². The summed E-state index contributed by atoms with van der Waals surface area (Å²) in [4.78, 5) is 11.5. The number of amides is 1. The molecule has 0 bridgehead atoms. The van der Waals surface area contributed by atoms with E-state index < -0.39 is 0 Å². The molecule has 0 saturated heterocycles. The summed E-state index contributed by atoms with van der Waals surface area (Å²) in [6.45, 7) is 0.524. The molecule has 4 heteroatoms. The van der Waals surface area contributed by atoms with Crippen molar-refractivity contribution in [1.82, 2.24) is 5.32 Å². The molecule has 98 valence electrons. The molecule has 19 heavy (non-hydrogen) atoms. The maximum Gasteiger partial charge on any atom is 0.251 e. The third-order valence-corrected chi connectivity index (χ3v) is 3.50. The average Bonchev–Trinajstić information content (AvgIpc) is 2.46. The van der Waals surface area contributed by atoms with E-state index >= 15 is 0 Å². The van der Waals surface area contributed by atoms with Crippen LogP contribution in [0.2, 0.25) is 0 Å². The third-order valence-electron chi connectivity index (χ3n) is 2.66. The van der Waals surface area contributed by atoms with Crippen molar-refractivity contribution in [2.75, 3.05) is 7.05 Å². The lowest BCUT2D eigenvalue weighted by atomic mass is 10.2. The van der Waals surface area contributed by atoms with Crippen LogP contribution in [0.3, 0.4) is 0 Å². The van der Waals surface area contributed by atoms with E-state index in [4.69, 9.17) is 4.74 Å². The van der Waals surface area contributed by atoms with Gasteiger partial charge in [0.25, 0.3) is 5.91 Å². The standard InChI is InChI=1S/C15H14INO2/c1-17-15(18)12-7-8-14(13(16)9-12)19-10-11-5-3-2-4-6-11/h2-9H,10H2,1H3,(H,17,18). The first kappa shape index (κ1) is 13.9. The third kappa shape index (κ3) is 3.70. The Kier molecular flexibility index (Phi) is 4.79. The second-order valence-corrected chi connectivity index (χ2v) is 5.16. The maximum atomic E-state index is 11.5. The van der Waals surface area contributed by atoms with Crippen LogP contribution in [0.1, 0.15) is 15.9 Å². The molecule has 2 aromatic carbocycles. The highest BCUT2D eigenvalue weighted by Gasteiger charge is 2.07. The summed E-state index contributed by atoms with van der Waals surface area (Å²) in [5, 5.41) is 2.60. The Labute approximate surface area is 126 Å². The Morgan fingerprint density at radius 3 is 2.58 bits per heavy atom. The van der Waals surface area contributed by atoms with Crippen molar-refractivity contribution in [3.63, 3.8) is 0 Å². The SMILES string of the molecule is CNC(=O)c1ccc(OCc2ccccc2)c(I)c1. The molecular weight excluding hydrogens is 353 g/mol. The molecule has 2 rings (SSSR count). The summed E-state index contributed by atoms with van der Waals surface area (Å²) in [5.74, 6) is 0.699. The summed E-state index contributed by atoms with van der Waals surface area (Å²) in [6, 6.07) is 15.4. The number of hydrogen-bond acceptors (Lipinski definition) is 2. The van der Waals surface area contributed by atoms with Gasteiger partial charge in [-0.2, -0.15) is 0 Å². The quantitative estimate of drug-likeness (QED) is 0.843. The second kappa shape index (κ2) is 6.56. The lowest BCUT2D eigenvalue weighted by Crippen LogP contribution is -2.17. The van der Waals surface area contributed by atoms with Crippen LogP contribution in [0.5, 0.6) is 5.75 Å². The monoisotopic (exact) mass is 367 g/mol. The number of rotatable bonds is 4. The lowest BCUT2D eigenvalue weighted by molar-refractivity contribution is 0.0963. The van der Waals surface area contributed by atoms with Gasteiger partial charge in [-0.25, -0.2) is 0 Å². The average molecular weight is 367 g/mol. The number of benzene rings is 2. The fourth-order valence-electron chi connectivity index (χ4n) is 1.64. The van der Waals surface area contributed by atoms with Crippen molar-refractivity contribution in [3.05, 3.63) is 63.2 Å². The summed E-state index contributed by atoms with van der Waals surface area (Å²) < 4.78 is 6.68. The molecule has 2 aromatic rings. The van der Waals surface area contributed by atoms with E-state index in [-0.39, 0.29) is 5.91 Å². The highest BCUT2D eigenvalue weighted by Crippen LogP contribution is 2.23. The van der Waals surface area contributed by atoms with E-state index in [1.54, 1.807) is 13.1 Å². The molecule has 0 aliphatic heterocycles. The van der Waals surface area contributed by atoms with E-state index in [0.29, 0.717) is 12.2 Å². The molecule has 0 heterocycles. The number of nitrogens with one attached hydrogen (secondary N) is 1. The first-order valence-electron chi connectivity index (χ1n) is 5.89. The minimum Gasteiger partial charge on any atom is -0.488 e. The summed E-state index contributed by atoms with van der Waals surface area (Å²) in [6.07, 6.45) is 0. The molecule has 0 saturated carbocycles. The zero-order valence-electron chi connectivity index (χ0n) is 10.5. The fourth-order valence-corrected chi connectivity index (χ4v) is 2.31. The lowest BCUT2D eigenvalue weighted by Gasteiger charge is -2.09. The van der Waals surface area contributed by atoms with Crippen LogP contribution in [-0.4, -0.2) is 13.0 Å². The Balaban J connectivity index is 2.07. The topological polar surface area (TPSA) is 38.3 Å². The van der Waals surface area contributed by atoms with Gasteiger partial charge >= 0.3 is 0 Å². The first-order valence-corrected chi connectivity index (χ1v) is 6.97.